The van der Waals surface area contributed by atoms with Gasteiger partial charge in [-0.1, -0.05) is 37.3 Å². The Morgan fingerprint density at radius 3 is 2.44 bits per heavy atom. The molecule has 96 valence electrons. The Balaban J connectivity index is 2.46. The maximum atomic E-state index is 12.0. The Labute approximate surface area is 107 Å². The molecule has 0 aromatic heterocycles. The Kier molecular flexibility index (Phi) is 3.18. The van der Waals surface area contributed by atoms with Crippen molar-refractivity contribution in [1.29, 1.82) is 5.26 Å². The summed E-state index contributed by atoms with van der Waals surface area (Å²) in [4.78, 5) is 0. The molecule has 0 unspecified atom stereocenters. The van der Waals surface area contributed by atoms with Gasteiger partial charge in [0.15, 0.2) is 9.84 Å². The van der Waals surface area contributed by atoms with E-state index in [4.69, 9.17) is 0 Å². The summed E-state index contributed by atoms with van der Waals surface area (Å²) in [5, 5.41) is 17.9. The first-order valence-corrected chi connectivity index (χ1v) is 7.53. The fraction of sp³-hybridized carbons (Fsp3) is 0.462. The van der Waals surface area contributed by atoms with Crippen LogP contribution in [-0.4, -0.2) is 31.1 Å². The molecule has 4 nitrogen and oxygen atoms in total. The second-order valence-corrected chi connectivity index (χ2v) is 6.98. The fourth-order valence-electron chi connectivity index (χ4n) is 2.60. The number of hydrogen-bond acceptors (Lipinski definition) is 4. The van der Waals surface area contributed by atoms with Gasteiger partial charge in [0, 0.05) is 11.7 Å². The van der Waals surface area contributed by atoms with E-state index in [9.17, 15) is 18.8 Å². The fourth-order valence-corrected chi connectivity index (χ4v) is 4.61. The van der Waals surface area contributed by atoms with Gasteiger partial charge in [-0.05, 0) is 5.56 Å². The average Bonchev–Trinajstić information content (AvgIpc) is 3.10. The van der Waals surface area contributed by atoms with Crippen molar-refractivity contribution in [2.75, 3.05) is 12.4 Å². The molecule has 1 aliphatic rings. The van der Waals surface area contributed by atoms with Crippen LogP contribution in [0.5, 0.6) is 0 Å². The van der Waals surface area contributed by atoms with Crippen LogP contribution in [0.2, 0.25) is 0 Å². The number of aliphatic hydroxyl groups excluding tert-OH is 1. The van der Waals surface area contributed by atoms with Crippen molar-refractivity contribution < 1.29 is 13.5 Å². The lowest BCUT2D eigenvalue weighted by Crippen LogP contribution is -2.19. The van der Waals surface area contributed by atoms with Crippen LogP contribution in [0.25, 0.3) is 0 Å². The highest BCUT2D eigenvalue weighted by molar-refractivity contribution is 7.92. The van der Waals surface area contributed by atoms with Crippen molar-refractivity contribution in [3.8, 4) is 6.07 Å². The zero-order valence-corrected chi connectivity index (χ0v) is 10.9. The molecule has 1 saturated carbocycles. The lowest BCUT2D eigenvalue weighted by molar-refractivity contribution is 0.242. The minimum absolute atomic E-state index is 0.00949. The molecule has 0 amide bonds. The van der Waals surface area contributed by atoms with E-state index >= 15 is 0 Å². The van der Waals surface area contributed by atoms with Crippen LogP contribution in [0.3, 0.4) is 0 Å². The van der Waals surface area contributed by atoms with Gasteiger partial charge in [0.1, 0.15) is 5.41 Å². The summed E-state index contributed by atoms with van der Waals surface area (Å²) in [7, 11) is -3.34. The summed E-state index contributed by atoms with van der Waals surface area (Å²) < 4.78 is 24.0. The molecule has 18 heavy (non-hydrogen) atoms. The largest absolute Gasteiger partial charge is 0.395 e. The van der Waals surface area contributed by atoms with Crippen LogP contribution in [0.15, 0.2) is 30.3 Å². The van der Waals surface area contributed by atoms with Crippen LogP contribution in [-0.2, 0) is 9.84 Å². The highest BCUT2D eigenvalue weighted by Gasteiger charge is 2.71. The lowest BCUT2D eigenvalue weighted by Gasteiger charge is -2.03. The summed E-state index contributed by atoms with van der Waals surface area (Å²) in [5.74, 6) is -0.427. The van der Waals surface area contributed by atoms with Crippen LogP contribution in [0.1, 0.15) is 18.4 Å². The third-order valence-corrected chi connectivity index (χ3v) is 5.95. The average molecular weight is 265 g/mol. The maximum Gasteiger partial charge on any atom is 0.155 e. The van der Waals surface area contributed by atoms with Gasteiger partial charge in [-0.3, -0.25) is 0 Å². The number of nitriles is 1. The van der Waals surface area contributed by atoms with Gasteiger partial charge in [-0.15, -0.1) is 0 Å². The van der Waals surface area contributed by atoms with E-state index in [1.165, 1.54) is 0 Å². The molecule has 0 bridgehead atoms. The standard InChI is InChI=1S/C13H15NO3S/c1-2-18(16,17)12-11(13(12,8-14)9-15)10-6-4-3-5-7-10/h3-7,11-12,15H,2,9H2,1H3/t11-,12+,13-/m0/s1. The van der Waals surface area contributed by atoms with Crippen LogP contribution >= 0.6 is 0 Å². The Morgan fingerprint density at radius 2 is 2.00 bits per heavy atom. The predicted octanol–water partition coefficient (Wildman–Crippen LogP) is 1.09. The number of hydrogen-bond donors (Lipinski definition) is 1. The Morgan fingerprint density at radius 1 is 1.39 bits per heavy atom. The van der Waals surface area contributed by atoms with Gasteiger partial charge in [0.05, 0.1) is 17.9 Å². The molecule has 0 heterocycles. The van der Waals surface area contributed by atoms with E-state index in [-0.39, 0.29) is 5.75 Å². The van der Waals surface area contributed by atoms with Crippen LogP contribution < -0.4 is 0 Å². The number of benzene rings is 1. The second-order valence-electron chi connectivity index (χ2n) is 4.57. The smallest absolute Gasteiger partial charge is 0.155 e. The van der Waals surface area contributed by atoms with E-state index in [0.717, 1.165) is 5.56 Å². The number of aliphatic hydroxyl groups is 1. The quantitative estimate of drug-likeness (QED) is 0.884. The summed E-state index contributed by atoms with van der Waals surface area (Å²) in [6.07, 6.45) is 0. The van der Waals surface area contributed by atoms with Crippen molar-refractivity contribution in [2.24, 2.45) is 5.41 Å². The molecule has 5 heteroatoms. The van der Waals surface area contributed by atoms with Crippen molar-refractivity contribution in [3.05, 3.63) is 35.9 Å². The van der Waals surface area contributed by atoms with Gasteiger partial charge < -0.3 is 5.11 Å². The minimum Gasteiger partial charge on any atom is -0.395 e. The molecular weight excluding hydrogens is 250 g/mol. The highest BCUT2D eigenvalue weighted by Crippen LogP contribution is 2.62. The van der Waals surface area contributed by atoms with Crippen molar-refractivity contribution in [2.45, 2.75) is 18.1 Å². The summed E-state index contributed by atoms with van der Waals surface area (Å²) in [6.45, 7) is 1.14. The van der Waals surface area contributed by atoms with Crippen molar-refractivity contribution in [1.82, 2.24) is 0 Å². The van der Waals surface area contributed by atoms with E-state index in [1.54, 1.807) is 19.1 Å². The summed E-state index contributed by atoms with van der Waals surface area (Å²) in [5.41, 5.74) is -0.369. The number of rotatable bonds is 4. The lowest BCUT2D eigenvalue weighted by atomic mass is 10.0. The van der Waals surface area contributed by atoms with E-state index in [1.807, 2.05) is 24.3 Å². The number of nitrogens with zero attached hydrogens (tertiary/aromatic N) is 1. The molecule has 3 atom stereocenters. The normalized spacial score (nSPS) is 30.7. The van der Waals surface area contributed by atoms with Gasteiger partial charge >= 0.3 is 0 Å². The predicted molar refractivity (Wildman–Crippen MR) is 67.6 cm³/mol. The van der Waals surface area contributed by atoms with E-state index < -0.39 is 33.0 Å². The molecule has 0 saturated heterocycles. The van der Waals surface area contributed by atoms with Crippen molar-refractivity contribution in [3.63, 3.8) is 0 Å². The maximum absolute atomic E-state index is 12.0. The molecule has 1 fully saturated rings. The molecular formula is C13H15NO3S. The van der Waals surface area contributed by atoms with Gasteiger partial charge in [0.2, 0.25) is 0 Å². The third kappa shape index (κ3) is 1.73. The molecule has 1 aliphatic carbocycles. The van der Waals surface area contributed by atoms with Crippen molar-refractivity contribution >= 4 is 9.84 Å². The molecule has 0 spiro atoms. The van der Waals surface area contributed by atoms with Gasteiger partial charge in [0.25, 0.3) is 0 Å². The first-order chi connectivity index (χ1) is 8.53. The third-order valence-electron chi connectivity index (χ3n) is 3.67. The zero-order chi connectivity index (χ0) is 13.4. The molecule has 0 aliphatic heterocycles. The first-order valence-electron chi connectivity index (χ1n) is 5.82. The van der Waals surface area contributed by atoms with E-state index in [2.05, 4.69) is 0 Å². The zero-order valence-electron chi connectivity index (χ0n) is 10.1. The van der Waals surface area contributed by atoms with E-state index in [0.29, 0.717) is 0 Å². The number of sulfone groups is 1. The first kappa shape index (κ1) is 13.1. The minimum atomic E-state index is -3.34. The summed E-state index contributed by atoms with van der Waals surface area (Å²) >= 11 is 0. The molecule has 1 aromatic rings. The van der Waals surface area contributed by atoms with Crippen LogP contribution in [0, 0.1) is 16.7 Å². The van der Waals surface area contributed by atoms with Gasteiger partial charge in [-0.25, -0.2) is 8.42 Å². The Bertz CT molecular complexity index is 576. The monoisotopic (exact) mass is 265 g/mol. The SMILES string of the molecule is CCS(=O)(=O)[C@@H]1[C@H](c2ccccc2)[C@]1(C#N)CO. The highest BCUT2D eigenvalue weighted by atomic mass is 32.2. The molecule has 1 aromatic carbocycles. The second kappa shape index (κ2) is 4.38. The van der Waals surface area contributed by atoms with Crippen LogP contribution in [0.4, 0.5) is 0 Å². The Hall–Kier alpha value is -1.38. The molecule has 1 N–H and O–H groups in total. The topological polar surface area (TPSA) is 78.2 Å². The molecule has 2 rings (SSSR count). The summed E-state index contributed by atoms with van der Waals surface area (Å²) in [6, 6.07) is 11.1. The van der Waals surface area contributed by atoms with Gasteiger partial charge in [-0.2, -0.15) is 5.26 Å². The molecule has 0 radical (unpaired) electrons.